The van der Waals surface area contributed by atoms with E-state index >= 15 is 0 Å². The predicted octanol–water partition coefficient (Wildman–Crippen LogP) is 7.10. The van der Waals surface area contributed by atoms with Crippen molar-refractivity contribution in [3.63, 3.8) is 0 Å². The number of aryl methyl sites for hydroxylation is 2. The van der Waals surface area contributed by atoms with Crippen LogP contribution in [0.4, 0.5) is 0 Å². The molecule has 0 fully saturated rings. The van der Waals surface area contributed by atoms with Crippen molar-refractivity contribution in [3.8, 4) is 0 Å². The predicted molar refractivity (Wildman–Crippen MR) is 127 cm³/mol. The third kappa shape index (κ3) is 6.51. The van der Waals surface area contributed by atoms with E-state index in [1.807, 2.05) is 13.0 Å². The Morgan fingerprint density at radius 2 is 1.67 bits per heavy atom. The summed E-state index contributed by atoms with van der Waals surface area (Å²) in [6.07, 6.45) is 16.0. The molecule has 162 valence electrons. The van der Waals surface area contributed by atoms with E-state index in [-0.39, 0.29) is 0 Å². The standard InChI is InChI=1S/C26H37N3O/c1-4-6-7-8-9-10-11-12-13-21-15-16-22(28-21)18-25-26(30-5-2)19-24(29-25)23-17-14-20(3)27-23/h14-19,27-28H,4-13H2,1-3H3/b25-18-. The molecular formula is C26H37N3O. The molecule has 0 unspecified atom stereocenters. The molecule has 4 heteroatoms. The zero-order chi connectivity index (χ0) is 21.2. The van der Waals surface area contributed by atoms with E-state index in [2.05, 4.69) is 54.2 Å². The molecule has 0 radical (unpaired) electrons. The van der Waals surface area contributed by atoms with Gasteiger partial charge in [0.1, 0.15) is 11.5 Å². The lowest BCUT2D eigenvalue weighted by Crippen LogP contribution is -1.94. The molecule has 4 nitrogen and oxygen atoms in total. The van der Waals surface area contributed by atoms with Gasteiger partial charge in [0.05, 0.1) is 18.0 Å². The molecule has 0 spiro atoms. The summed E-state index contributed by atoms with van der Waals surface area (Å²) in [5.74, 6) is 0.832. The van der Waals surface area contributed by atoms with Crippen molar-refractivity contribution >= 4 is 11.8 Å². The lowest BCUT2D eigenvalue weighted by Gasteiger charge is -2.04. The van der Waals surface area contributed by atoms with Crippen molar-refractivity contribution in [2.24, 2.45) is 4.99 Å². The first-order valence-electron chi connectivity index (χ1n) is 11.7. The number of aromatic nitrogens is 2. The van der Waals surface area contributed by atoms with Crippen LogP contribution >= 0.6 is 0 Å². The Hall–Kier alpha value is -2.49. The van der Waals surface area contributed by atoms with Crippen molar-refractivity contribution in [1.29, 1.82) is 0 Å². The molecule has 0 atom stereocenters. The van der Waals surface area contributed by atoms with Gasteiger partial charge in [0.25, 0.3) is 0 Å². The molecule has 1 aliphatic heterocycles. The van der Waals surface area contributed by atoms with Gasteiger partial charge in [-0.2, -0.15) is 0 Å². The van der Waals surface area contributed by atoms with Crippen LogP contribution in [0.3, 0.4) is 0 Å². The fourth-order valence-corrected chi connectivity index (χ4v) is 3.87. The highest BCUT2D eigenvalue weighted by atomic mass is 16.5. The number of hydrogen-bond donors (Lipinski definition) is 2. The van der Waals surface area contributed by atoms with Crippen LogP contribution in [0.25, 0.3) is 6.08 Å². The number of H-pyrrole nitrogens is 2. The van der Waals surface area contributed by atoms with Gasteiger partial charge in [-0.3, -0.25) is 0 Å². The van der Waals surface area contributed by atoms with Gasteiger partial charge in [0, 0.05) is 23.2 Å². The molecule has 1 aliphatic rings. The topological polar surface area (TPSA) is 53.2 Å². The van der Waals surface area contributed by atoms with E-state index in [1.54, 1.807) is 0 Å². The first kappa shape index (κ1) is 22.2. The molecule has 3 rings (SSSR count). The van der Waals surface area contributed by atoms with Gasteiger partial charge in [-0.25, -0.2) is 4.99 Å². The molecule has 0 aromatic carbocycles. The summed E-state index contributed by atoms with van der Waals surface area (Å²) in [6.45, 7) is 6.96. The fraction of sp³-hybridized carbons (Fsp3) is 0.500. The Morgan fingerprint density at radius 1 is 0.900 bits per heavy atom. The van der Waals surface area contributed by atoms with Gasteiger partial charge < -0.3 is 14.7 Å². The van der Waals surface area contributed by atoms with Crippen LogP contribution < -0.4 is 0 Å². The number of allylic oxidation sites excluding steroid dienone is 1. The van der Waals surface area contributed by atoms with Crippen LogP contribution in [0, 0.1) is 6.92 Å². The molecule has 2 N–H and O–H groups in total. The zero-order valence-electron chi connectivity index (χ0n) is 18.9. The maximum absolute atomic E-state index is 5.83. The van der Waals surface area contributed by atoms with Gasteiger partial charge >= 0.3 is 0 Å². The minimum Gasteiger partial charge on any atom is -0.492 e. The molecular weight excluding hydrogens is 370 g/mol. The monoisotopic (exact) mass is 407 g/mol. The Bertz CT molecular complexity index is 882. The molecule has 3 heterocycles. The number of nitrogens with one attached hydrogen (secondary N) is 2. The summed E-state index contributed by atoms with van der Waals surface area (Å²) in [4.78, 5) is 11.7. The number of unbranched alkanes of at least 4 members (excludes halogenated alkanes) is 7. The van der Waals surface area contributed by atoms with Crippen LogP contribution in [0.5, 0.6) is 0 Å². The van der Waals surface area contributed by atoms with Gasteiger partial charge in [0.15, 0.2) is 0 Å². The zero-order valence-corrected chi connectivity index (χ0v) is 18.9. The van der Waals surface area contributed by atoms with Crippen molar-refractivity contribution in [2.75, 3.05) is 6.61 Å². The Balaban J connectivity index is 1.54. The highest BCUT2D eigenvalue weighted by Crippen LogP contribution is 2.25. The summed E-state index contributed by atoms with van der Waals surface area (Å²) in [7, 11) is 0. The van der Waals surface area contributed by atoms with Crippen molar-refractivity contribution in [1.82, 2.24) is 9.97 Å². The minimum absolute atomic E-state index is 0.629. The Labute approximate surface area is 181 Å². The summed E-state index contributed by atoms with van der Waals surface area (Å²) < 4.78 is 5.83. The third-order valence-electron chi connectivity index (χ3n) is 5.53. The molecule has 0 saturated heterocycles. The number of aliphatic imine (C=N–C) groups is 1. The van der Waals surface area contributed by atoms with Crippen molar-refractivity contribution < 1.29 is 4.74 Å². The van der Waals surface area contributed by atoms with Crippen LogP contribution in [0.2, 0.25) is 0 Å². The number of rotatable bonds is 13. The molecule has 30 heavy (non-hydrogen) atoms. The summed E-state index contributed by atoms with van der Waals surface area (Å²) in [5, 5.41) is 0. The van der Waals surface area contributed by atoms with Gasteiger partial charge in [0.2, 0.25) is 0 Å². The maximum Gasteiger partial charge on any atom is 0.147 e. The maximum atomic E-state index is 5.83. The lowest BCUT2D eigenvalue weighted by atomic mass is 10.1. The lowest BCUT2D eigenvalue weighted by molar-refractivity contribution is 0.239. The Morgan fingerprint density at radius 3 is 2.37 bits per heavy atom. The number of ether oxygens (including phenoxy) is 1. The van der Waals surface area contributed by atoms with E-state index in [0.717, 1.165) is 40.7 Å². The van der Waals surface area contributed by atoms with E-state index in [9.17, 15) is 0 Å². The second kappa shape index (κ2) is 11.6. The van der Waals surface area contributed by atoms with E-state index in [0.29, 0.717) is 6.61 Å². The van der Waals surface area contributed by atoms with E-state index in [4.69, 9.17) is 9.73 Å². The molecule has 2 aromatic rings. The second-order valence-corrected chi connectivity index (χ2v) is 8.19. The van der Waals surface area contributed by atoms with Crippen LogP contribution in [-0.4, -0.2) is 22.3 Å². The van der Waals surface area contributed by atoms with Gasteiger partial charge in [-0.05, 0) is 57.0 Å². The quantitative estimate of drug-likeness (QED) is 0.342. The highest BCUT2D eigenvalue weighted by Gasteiger charge is 2.18. The van der Waals surface area contributed by atoms with Gasteiger partial charge in [-0.1, -0.05) is 51.9 Å². The molecule has 0 aliphatic carbocycles. The molecule has 0 bridgehead atoms. The fourth-order valence-electron chi connectivity index (χ4n) is 3.87. The number of nitrogens with zero attached hydrogens (tertiary/aromatic N) is 1. The van der Waals surface area contributed by atoms with E-state index in [1.165, 1.54) is 57.1 Å². The smallest absolute Gasteiger partial charge is 0.147 e. The largest absolute Gasteiger partial charge is 0.492 e. The summed E-state index contributed by atoms with van der Waals surface area (Å²) in [5.41, 5.74) is 6.33. The molecule has 0 amide bonds. The summed E-state index contributed by atoms with van der Waals surface area (Å²) >= 11 is 0. The average Bonchev–Trinajstić information content (AvgIpc) is 3.46. The number of hydrogen-bond acceptors (Lipinski definition) is 2. The molecule has 0 saturated carbocycles. The SMILES string of the molecule is CCCCCCCCCCc1ccc(/C=C2\N=C(c3ccc(C)[nH]3)C=C2OCC)[nH]1. The van der Waals surface area contributed by atoms with Crippen molar-refractivity contribution in [3.05, 3.63) is 64.6 Å². The Kier molecular flexibility index (Phi) is 8.61. The first-order chi connectivity index (χ1) is 14.7. The minimum atomic E-state index is 0.629. The van der Waals surface area contributed by atoms with Crippen molar-refractivity contribution in [2.45, 2.75) is 78.6 Å². The summed E-state index contributed by atoms with van der Waals surface area (Å²) in [6, 6.07) is 8.47. The molecule has 2 aromatic heterocycles. The first-order valence-corrected chi connectivity index (χ1v) is 11.7. The normalized spacial score (nSPS) is 15.0. The van der Waals surface area contributed by atoms with Crippen LogP contribution in [-0.2, 0) is 11.2 Å². The number of aromatic amines is 2. The third-order valence-corrected chi connectivity index (χ3v) is 5.53. The average molecular weight is 408 g/mol. The van der Waals surface area contributed by atoms with Crippen LogP contribution in [0.1, 0.15) is 88.0 Å². The highest BCUT2D eigenvalue weighted by molar-refractivity contribution is 6.11. The van der Waals surface area contributed by atoms with E-state index < -0.39 is 0 Å². The van der Waals surface area contributed by atoms with Gasteiger partial charge in [-0.15, -0.1) is 0 Å². The second-order valence-electron chi connectivity index (χ2n) is 8.19. The van der Waals surface area contributed by atoms with Crippen LogP contribution in [0.15, 0.2) is 46.8 Å².